The number of H-pyrrole nitrogens is 1. The Kier molecular flexibility index (Phi) is 4.48. The molecule has 0 saturated heterocycles. The fourth-order valence-corrected chi connectivity index (χ4v) is 2.83. The molecular weight excluding hydrogens is 358 g/mol. The number of fused-ring (bicyclic) bond motifs is 1. The van der Waals surface area contributed by atoms with Crippen molar-refractivity contribution in [1.29, 1.82) is 0 Å². The van der Waals surface area contributed by atoms with E-state index in [-0.39, 0.29) is 11.9 Å². The summed E-state index contributed by atoms with van der Waals surface area (Å²) in [6.07, 6.45) is 3.38. The van der Waals surface area contributed by atoms with Crippen molar-refractivity contribution in [2.45, 2.75) is 19.9 Å². The maximum absolute atomic E-state index is 11.9. The Hall–Kier alpha value is -3.75. The molecule has 0 aliphatic heterocycles. The van der Waals surface area contributed by atoms with Crippen LogP contribution in [0.25, 0.3) is 33.7 Å². The number of nitrogens with zero attached hydrogens (tertiary/aromatic N) is 4. The summed E-state index contributed by atoms with van der Waals surface area (Å²) < 4.78 is 5.69. The van der Waals surface area contributed by atoms with E-state index >= 15 is 0 Å². The van der Waals surface area contributed by atoms with Crippen molar-refractivity contribution in [3.63, 3.8) is 0 Å². The van der Waals surface area contributed by atoms with Gasteiger partial charge in [-0.2, -0.15) is 0 Å². The maximum Gasteiger partial charge on any atom is 0.315 e. The molecule has 3 heterocycles. The van der Waals surface area contributed by atoms with E-state index in [0.29, 0.717) is 23.4 Å². The minimum atomic E-state index is -0.264. The summed E-state index contributed by atoms with van der Waals surface area (Å²) in [5.74, 6) is 0.606. The number of aromatic amines is 1. The first-order valence-corrected chi connectivity index (χ1v) is 8.82. The van der Waals surface area contributed by atoms with Crippen LogP contribution in [0.3, 0.4) is 0 Å². The molecule has 0 radical (unpaired) electrons. The summed E-state index contributed by atoms with van der Waals surface area (Å²) >= 11 is 0. The van der Waals surface area contributed by atoms with Crippen LogP contribution in [0.4, 0.5) is 6.01 Å². The van der Waals surface area contributed by atoms with E-state index in [9.17, 15) is 4.79 Å². The van der Waals surface area contributed by atoms with Crippen molar-refractivity contribution in [3.05, 3.63) is 42.4 Å². The highest BCUT2D eigenvalue weighted by atomic mass is 16.4. The Labute approximate surface area is 160 Å². The maximum atomic E-state index is 11.9. The number of aromatic nitrogens is 5. The molecule has 1 amide bonds. The van der Waals surface area contributed by atoms with Gasteiger partial charge >= 0.3 is 6.01 Å². The zero-order valence-electron chi connectivity index (χ0n) is 15.6. The number of carbonyl (C=O) groups excluding carboxylic acids is 1. The van der Waals surface area contributed by atoms with Gasteiger partial charge < -0.3 is 20.0 Å². The van der Waals surface area contributed by atoms with Gasteiger partial charge in [0.2, 0.25) is 5.89 Å². The first-order valence-electron chi connectivity index (χ1n) is 8.82. The van der Waals surface area contributed by atoms with Crippen molar-refractivity contribution < 1.29 is 9.21 Å². The number of nitrogens with one attached hydrogen (secondary N) is 3. The number of hydrogen-bond acceptors (Lipinski definition) is 7. The number of rotatable bonds is 5. The number of benzene rings is 1. The molecule has 28 heavy (non-hydrogen) atoms. The van der Waals surface area contributed by atoms with E-state index in [2.05, 4.69) is 35.8 Å². The molecule has 0 fully saturated rings. The highest BCUT2D eigenvalue weighted by Gasteiger charge is 2.15. The smallest absolute Gasteiger partial charge is 0.315 e. The van der Waals surface area contributed by atoms with Gasteiger partial charge in [-0.15, -0.1) is 5.10 Å². The monoisotopic (exact) mass is 377 g/mol. The summed E-state index contributed by atoms with van der Waals surface area (Å²) in [4.78, 5) is 23.8. The molecular formula is C19H19N7O2. The zero-order valence-corrected chi connectivity index (χ0v) is 15.6. The highest BCUT2D eigenvalue weighted by molar-refractivity contribution is 5.97. The molecule has 3 N–H and O–H groups in total. The van der Waals surface area contributed by atoms with Crippen LogP contribution in [-0.4, -0.2) is 44.1 Å². The summed E-state index contributed by atoms with van der Waals surface area (Å²) in [7, 11) is 1.56. The van der Waals surface area contributed by atoms with Crippen LogP contribution < -0.4 is 10.6 Å². The molecule has 0 aliphatic carbocycles. The number of hydrogen-bond donors (Lipinski definition) is 3. The summed E-state index contributed by atoms with van der Waals surface area (Å²) in [6.45, 7) is 3.99. The molecule has 0 aliphatic rings. The molecule has 0 spiro atoms. The van der Waals surface area contributed by atoms with E-state index in [1.54, 1.807) is 19.3 Å². The van der Waals surface area contributed by atoms with Gasteiger partial charge in [-0.05, 0) is 38.1 Å². The molecule has 0 unspecified atom stereocenters. The van der Waals surface area contributed by atoms with Gasteiger partial charge in [0.05, 0.1) is 0 Å². The molecule has 0 atom stereocenters. The van der Waals surface area contributed by atoms with Crippen LogP contribution in [0, 0.1) is 0 Å². The lowest BCUT2D eigenvalue weighted by Crippen LogP contribution is -2.19. The van der Waals surface area contributed by atoms with Gasteiger partial charge in [-0.1, -0.05) is 5.10 Å². The third-order valence-corrected chi connectivity index (χ3v) is 4.12. The van der Waals surface area contributed by atoms with E-state index in [0.717, 1.165) is 22.0 Å². The van der Waals surface area contributed by atoms with Gasteiger partial charge in [0, 0.05) is 47.5 Å². The molecule has 4 rings (SSSR count). The number of anilines is 1. The lowest BCUT2D eigenvalue weighted by molar-refractivity contribution is 0.0958. The van der Waals surface area contributed by atoms with Gasteiger partial charge in [-0.3, -0.25) is 4.79 Å². The Morgan fingerprint density at radius 3 is 2.86 bits per heavy atom. The lowest BCUT2D eigenvalue weighted by atomic mass is 10.1. The Morgan fingerprint density at radius 1 is 1.21 bits per heavy atom. The predicted octanol–water partition coefficient (Wildman–Crippen LogP) is 2.85. The lowest BCUT2D eigenvalue weighted by Gasteiger charge is -2.03. The second-order valence-corrected chi connectivity index (χ2v) is 6.52. The molecule has 0 saturated carbocycles. The first kappa shape index (κ1) is 17.7. The summed E-state index contributed by atoms with van der Waals surface area (Å²) in [5.41, 5.74) is 2.77. The molecule has 9 heteroatoms. The van der Waals surface area contributed by atoms with E-state index < -0.39 is 0 Å². The zero-order chi connectivity index (χ0) is 19.7. The van der Waals surface area contributed by atoms with Gasteiger partial charge in [0.15, 0.2) is 5.82 Å². The quantitative estimate of drug-likeness (QED) is 0.489. The van der Waals surface area contributed by atoms with Gasteiger partial charge in [-0.25, -0.2) is 9.97 Å². The predicted molar refractivity (Wildman–Crippen MR) is 105 cm³/mol. The van der Waals surface area contributed by atoms with Crippen LogP contribution in [0.15, 0.2) is 41.1 Å². The van der Waals surface area contributed by atoms with E-state index in [4.69, 9.17) is 4.42 Å². The molecule has 1 aromatic carbocycles. The fourth-order valence-electron chi connectivity index (χ4n) is 2.83. The highest BCUT2D eigenvalue weighted by Crippen LogP contribution is 2.30. The third-order valence-electron chi connectivity index (χ3n) is 4.12. The van der Waals surface area contributed by atoms with Crippen LogP contribution in [-0.2, 0) is 0 Å². The minimum absolute atomic E-state index is 0.191. The fraction of sp³-hybridized carbons (Fsp3) is 0.211. The topological polar surface area (TPSA) is 122 Å². The molecule has 9 nitrogen and oxygen atoms in total. The van der Waals surface area contributed by atoms with Crippen LogP contribution >= 0.6 is 0 Å². The van der Waals surface area contributed by atoms with Gasteiger partial charge in [0.25, 0.3) is 5.91 Å². The summed E-state index contributed by atoms with van der Waals surface area (Å²) in [6, 6.07) is 7.90. The molecule has 0 bridgehead atoms. The van der Waals surface area contributed by atoms with Crippen molar-refractivity contribution >= 4 is 22.8 Å². The second-order valence-electron chi connectivity index (χ2n) is 6.52. The Balaban J connectivity index is 1.75. The average molecular weight is 377 g/mol. The first-order chi connectivity index (χ1) is 13.5. The number of carbonyl (C=O) groups is 1. The van der Waals surface area contributed by atoms with Crippen LogP contribution in [0.2, 0.25) is 0 Å². The molecule has 3 aromatic heterocycles. The summed E-state index contributed by atoms with van der Waals surface area (Å²) in [5, 5.41) is 14.7. The number of amides is 1. The third kappa shape index (κ3) is 3.29. The SMILES string of the molecule is CNC(=O)c1ccnc(-c2c[nH]c3ccc(-c4nnc(NC(C)C)o4)cc23)n1. The molecule has 4 aromatic rings. The largest absolute Gasteiger partial charge is 0.403 e. The standard InChI is InChI=1S/C19H19N7O2/c1-10(2)23-19-26-25-18(28-19)11-4-5-14-12(8-11)13(9-22-14)16-21-7-6-15(24-16)17(27)20-3/h4-10,22H,1-3H3,(H,20,27)(H,23,26). The van der Waals surface area contributed by atoms with Crippen LogP contribution in [0.5, 0.6) is 0 Å². The van der Waals surface area contributed by atoms with Crippen molar-refractivity contribution in [3.8, 4) is 22.8 Å². The Bertz CT molecular complexity index is 1150. The van der Waals surface area contributed by atoms with Crippen molar-refractivity contribution in [2.75, 3.05) is 12.4 Å². The van der Waals surface area contributed by atoms with Crippen molar-refractivity contribution in [1.82, 2.24) is 30.5 Å². The normalized spacial score (nSPS) is 11.1. The second kappa shape index (κ2) is 7.10. The van der Waals surface area contributed by atoms with E-state index in [1.165, 1.54) is 0 Å². The minimum Gasteiger partial charge on any atom is -0.403 e. The average Bonchev–Trinajstić information content (AvgIpc) is 3.33. The van der Waals surface area contributed by atoms with Crippen LogP contribution in [0.1, 0.15) is 24.3 Å². The Morgan fingerprint density at radius 2 is 2.07 bits per heavy atom. The van der Waals surface area contributed by atoms with Gasteiger partial charge in [0.1, 0.15) is 5.69 Å². The van der Waals surface area contributed by atoms with Crippen molar-refractivity contribution in [2.24, 2.45) is 0 Å². The molecule has 142 valence electrons. The van der Waals surface area contributed by atoms with E-state index in [1.807, 2.05) is 38.2 Å².